The van der Waals surface area contributed by atoms with Gasteiger partial charge >= 0.3 is 0 Å². The predicted molar refractivity (Wildman–Crippen MR) is 136 cm³/mol. The van der Waals surface area contributed by atoms with E-state index in [0.29, 0.717) is 34.9 Å². The Morgan fingerprint density at radius 3 is 2.34 bits per heavy atom. The van der Waals surface area contributed by atoms with Crippen molar-refractivity contribution in [3.8, 4) is 11.5 Å². The van der Waals surface area contributed by atoms with E-state index in [4.69, 9.17) is 9.47 Å². The van der Waals surface area contributed by atoms with Gasteiger partial charge in [-0.25, -0.2) is 0 Å². The Bertz CT molecular complexity index is 1290. The zero-order valence-corrected chi connectivity index (χ0v) is 20.4. The van der Waals surface area contributed by atoms with Crippen LogP contribution in [0.1, 0.15) is 41.6 Å². The summed E-state index contributed by atoms with van der Waals surface area (Å²) in [6.07, 6.45) is 0.849. The normalized spacial score (nSPS) is 17.0. The maximum absolute atomic E-state index is 13.4. The van der Waals surface area contributed by atoms with Gasteiger partial charge in [0, 0.05) is 11.3 Å². The molecule has 0 aromatic heterocycles. The highest BCUT2D eigenvalue weighted by atomic mass is 16.5. The van der Waals surface area contributed by atoms with Crippen molar-refractivity contribution < 1.29 is 24.2 Å². The lowest BCUT2D eigenvalue weighted by molar-refractivity contribution is -0.132. The molecule has 1 atom stereocenters. The number of aliphatic hydroxyl groups excluding tert-OH is 1. The maximum atomic E-state index is 13.4. The van der Waals surface area contributed by atoms with Crippen molar-refractivity contribution in [2.24, 2.45) is 0 Å². The van der Waals surface area contributed by atoms with Crippen LogP contribution in [0.2, 0.25) is 0 Å². The number of amides is 1. The first-order valence-corrected chi connectivity index (χ1v) is 11.6. The van der Waals surface area contributed by atoms with Gasteiger partial charge in [-0.3, -0.25) is 14.5 Å². The number of ether oxygens (including phenoxy) is 2. The number of rotatable bonds is 7. The van der Waals surface area contributed by atoms with E-state index in [2.05, 4.69) is 0 Å². The quantitative estimate of drug-likeness (QED) is 0.271. The van der Waals surface area contributed by atoms with E-state index < -0.39 is 17.7 Å². The number of carbonyl (C=O) groups is 2. The third-order valence-electron chi connectivity index (χ3n) is 6.22. The minimum atomic E-state index is -0.824. The van der Waals surface area contributed by atoms with Gasteiger partial charge in [-0.15, -0.1) is 0 Å². The van der Waals surface area contributed by atoms with Gasteiger partial charge in [0.2, 0.25) is 0 Å². The number of aryl methyl sites for hydroxylation is 2. The Kier molecular flexibility index (Phi) is 6.92. The second-order valence-corrected chi connectivity index (χ2v) is 8.59. The lowest BCUT2D eigenvalue weighted by Crippen LogP contribution is -2.29. The number of nitrogens with zero attached hydrogens (tertiary/aromatic N) is 1. The minimum Gasteiger partial charge on any atom is -0.507 e. The molecule has 1 aliphatic heterocycles. The van der Waals surface area contributed by atoms with Crippen LogP contribution in [0.15, 0.2) is 72.3 Å². The van der Waals surface area contributed by atoms with Crippen molar-refractivity contribution >= 4 is 23.1 Å². The molecule has 3 aromatic carbocycles. The molecule has 4 rings (SSSR count). The molecule has 1 heterocycles. The smallest absolute Gasteiger partial charge is 0.300 e. The summed E-state index contributed by atoms with van der Waals surface area (Å²) in [5, 5.41) is 11.3. The first-order chi connectivity index (χ1) is 16.8. The first-order valence-electron chi connectivity index (χ1n) is 11.6. The molecule has 1 amide bonds. The predicted octanol–water partition coefficient (Wildman–Crippen LogP) is 5.73. The number of benzene rings is 3. The summed E-state index contributed by atoms with van der Waals surface area (Å²) in [6, 6.07) is 18.9. The highest BCUT2D eigenvalue weighted by Gasteiger charge is 2.47. The van der Waals surface area contributed by atoms with E-state index in [0.717, 1.165) is 17.5 Å². The van der Waals surface area contributed by atoms with Crippen molar-refractivity contribution in [1.29, 1.82) is 0 Å². The SMILES string of the molecule is CCCOc1cccc(C2/C(=C(/O)c3ccc(C)c(C)c3)C(=O)C(=O)N2c2ccc(OC)cc2)c1. The van der Waals surface area contributed by atoms with E-state index in [1.54, 1.807) is 37.4 Å². The van der Waals surface area contributed by atoms with Crippen LogP contribution in [-0.4, -0.2) is 30.5 Å². The Labute approximate surface area is 205 Å². The fourth-order valence-electron chi connectivity index (χ4n) is 4.20. The standard InChI is InChI=1S/C29H29NO5/c1-5-15-35-24-8-6-7-20(17-24)26-25(27(31)21-10-9-18(2)19(3)16-21)28(32)29(33)30(26)22-11-13-23(34-4)14-12-22/h6-14,16-17,26,31H,5,15H2,1-4H3/b27-25-. The summed E-state index contributed by atoms with van der Waals surface area (Å²) in [7, 11) is 1.56. The number of hydrogen-bond donors (Lipinski definition) is 1. The fourth-order valence-corrected chi connectivity index (χ4v) is 4.20. The van der Waals surface area contributed by atoms with E-state index in [-0.39, 0.29) is 11.3 Å². The van der Waals surface area contributed by atoms with Crippen molar-refractivity contribution in [3.63, 3.8) is 0 Å². The molecule has 0 aliphatic carbocycles. The van der Waals surface area contributed by atoms with Crippen LogP contribution in [0.5, 0.6) is 11.5 Å². The summed E-state index contributed by atoms with van der Waals surface area (Å²) in [5.41, 5.74) is 3.77. The van der Waals surface area contributed by atoms with Gasteiger partial charge in [0.1, 0.15) is 17.3 Å². The average molecular weight is 472 g/mol. The number of aliphatic hydroxyl groups is 1. The Balaban J connectivity index is 1.91. The molecule has 1 aliphatic rings. The van der Waals surface area contributed by atoms with E-state index in [1.165, 1.54) is 4.90 Å². The highest BCUT2D eigenvalue weighted by Crippen LogP contribution is 2.43. The van der Waals surface area contributed by atoms with Gasteiger partial charge in [-0.1, -0.05) is 31.2 Å². The molecule has 1 saturated heterocycles. The highest BCUT2D eigenvalue weighted by molar-refractivity contribution is 6.51. The van der Waals surface area contributed by atoms with Gasteiger partial charge in [0.15, 0.2) is 0 Å². The topological polar surface area (TPSA) is 76.1 Å². The van der Waals surface area contributed by atoms with Crippen LogP contribution in [0, 0.1) is 13.8 Å². The van der Waals surface area contributed by atoms with Gasteiger partial charge in [-0.2, -0.15) is 0 Å². The molecule has 0 bridgehead atoms. The zero-order chi connectivity index (χ0) is 25.1. The van der Waals surface area contributed by atoms with Crippen LogP contribution >= 0.6 is 0 Å². The van der Waals surface area contributed by atoms with E-state index in [1.807, 2.05) is 57.2 Å². The van der Waals surface area contributed by atoms with Gasteiger partial charge < -0.3 is 14.6 Å². The molecule has 0 spiro atoms. The summed E-state index contributed by atoms with van der Waals surface area (Å²) in [6.45, 7) is 6.48. The lowest BCUT2D eigenvalue weighted by atomic mass is 9.94. The van der Waals surface area contributed by atoms with Crippen molar-refractivity contribution in [1.82, 2.24) is 0 Å². The second kappa shape index (κ2) is 10.1. The van der Waals surface area contributed by atoms with Crippen LogP contribution in [0.3, 0.4) is 0 Å². The molecule has 6 nitrogen and oxygen atoms in total. The zero-order valence-electron chi connectivity index (χ0n) is 20.4. The van der Waals surface area contributed by atoms with Gasteiger partial charge in [0.05, 0.1) is 25.3 Å². The number of methoxy groups -OCH3 is 1. The number of hydrogen-bond acceptors (Lipinski definition) is 5. The molecule has 1 fully saturated rings. The second-order valence-electron chi connectivity index (χ2n) is 8.59. The third-order valence-corrected chi connectivity index (χ3v) is 6.22. The number of carbonyl (C=O) groups excluding carboxylic acids is 2. The van der Waals surface area contributed by atoms with Crippen molar-refractivity contribution in [2.75, 3.05) is 18.6 Å². The number of Topliss-reactive ketones (excluding diaryl/α,β-unsaturated/α-hetero) is 1. The summed E-state index contributed by atoms with van der Waals surface area (Å²) >= 11 is 0. The van der Waals surface area contributed by atoms with E-state index in [9.17, 15) is 14.7 Å². The molecule has 0 radical (unpaired) electrons. The number of ketones is 1. The van der Waals surface area contributed by atoms with Crippen molar-refractivity contribution in [2.45, 2.75) is 33.2 Å². The molecule has 1 N–H and O–H groups in total. The fraction of sp³-hybridized carbons (Fsp3) is 0.241. The minimum absolute atomic E-state index is 0.0433. The molecule has 6 heteroatoms. The summed E-state index contributed by atoms with van der Waals surface area (Å²) in [4.78, 5) is 28.1. The largest absolute Gasteiger partial charge is 0.507 e. The molecular formula is C29H29NO5. The van der Waals surface area contributed by atoms with Crippen LogP contribution in [0.25, 0.3) is 5.76 Å². The molecule has 3 aromatic rings. The first kappa shape index (κ1) is 24.1. The van der Waals surface area contributed by atoms with Gasteiger partial charge in [0.25, 0.3) is 11.7 Å². The monoisotopic (exact) mass is 471 g/mol. The molecule has 1 unspecified atom stereocenters. The Hall–Kier alpha value is -4.06. The third kappa shape index (κ3) is 4.64. The van der Waals surface area contributed by atoms with Crippen LogP contribution in [-0.2, 0) is 9.59 Å². The van der Waals surface area contributed by atoms with E-state index >= 15 is 0 Å². The Morgan fingerprint density at radius 1 is 0.943 bits per heavy atom. The van der Waals surface area contributed by atoms with Crippen LogP contribution < -0.4 is 14.4 Å². The maximum Gasteiger partial charge on any atom is 0.300 e. The molecule has 0 saturated carbocycles. The number of anilines is 1. The average Bonchev–Trinajstić information content (AvgIpc) is 3.14. The molecule has 35 heavy (non-hydrogen) atoms. The van der Waals surface area contributed by atoms with Gasteiger partial charge in [-0.05, 0) is 79.4 Å². The van der Waals surface area contributed by atoms with Crippen molar-refractivity contribution in [3.05, 3.63) is 94.6 Å². The molecular weight excluding hydrogens is 442 g/mol. The lowest BCUT2D eigenvalue weighted by Gasteiger charge is -2.26. The molecule has 180 valence electrons. The Morgan fingerprint density at radius 2 is 1.69 bits per heavy atom. The summed E-state index contributed by atoms with van der Waals surface area (Å²) < 4.78 is 11.1. The van der Waals surface area contributed by atoms with Crippen LogP contribution in [0.4, 0.5) is 5.69 Å². The summed E-state index contributed by atoms with van der Waals surface area (Å²) in [5.74, 6) is -0.373.